The number of nitrogens with zero attached hydrogens (tertiary/aromatic N) is 2. The van der Waals surface area contributed by atoms with Crippen molar-refractivity contribution in [2.75, 3.05) is 38.1 Å². The van der Waals surface area contributed by atoms with Gasteiger partial charge in [-0.15, -0.1) is 11.3 Å². The van der Waals surface area contributed by atoms with Crippen molar-refractivity contribution >= 4 is 23.1 Å². The fourth-order valence-electron chi connectivity index (χ4n) is 4.08. The van der Waals surface area contributed by atoms with Gasteiger partial charge in [-0.25, -0.2) is 4.79 Å². The number of morpholine rings is 1. The summed E-state index contributed by atoms with van der Waals surface area (Å²) in [7, 11) is 0. The van der Waals surface area contributed by atoms with Crippen LogP contribution in [0.5, 0.6) is 0 Å². The standard InChI is InChI=1S/C21H27N3O2S/c25-20(22-18-6-2-1-3-7-18)24-11-5-9-21(10-12-24)17-23(13-14-26-21)16-19-8-4-15-27-19/h1-4,6-8,15H,5,9-14,16-17H2,(H,22,25)/t21-/m1/s1. The van der Waals surface area contributed by atoms with Gasteiger partial charge in [0.05, 0.1) is 12.2 Å². The predicted molar refractivity (Wildman–Crippen MR) is 109 cm³/mol. The average molecular weight is 386 g/mol. The number of thiophene rings is 1. The summed E-state index contributed by atoms with van der Waals surface area (Å²) >= 11 is 1.82. The smallest absolute Gasteiger partial charge is 0.321 e. The molecule has 2 saturated heterocycles. The number of ether oxygens (including phenoxy) is 1. The van der Waals surface area contributed by atoms with Gasteiger partial charge in [-0.05, 0) is 42.8 Å². The van der Waals surface area contributed by atoms with E-state index in [1.165, 1.54) is 4.88 Å². The number of hydrogen-bond acceptors (Lipinski definition) is 4. The van der Waals surface area contributed by atoms with E-state index < -0.39 is 0 Å². The largest absolute Gasteiger partial charge is 0.372 e. The number of para-hydroxylation sites is 1. The molecule has 0 unspecified atom stereocenters. The van der Waals surface area contributed by atoms with Gasteiger partial charge >= 0.3 is 6.03 Å². The number of urea groups is 1. The van der Waals surface area contributed by atoms with Gasteiger partial charge in [0, 0.05) is 43.3 Å². The minimum absolute atomic E-state index is 0.00972. The Bertz CT molecular complexity index is 737. The highest BCUT2D eigenvalue weighted by atomic mass is 32.1. The molecule has 1 N–H and O–H groups in total. The lowest BCUT2D eigenvalue weighted by molar-refractivity contribution is -0.117. The van der Waals surface area contributed by atoms with Crippen molar-refractivity contribution in [3.8, 4) is 0 Å². The zero-order valence-corrected chi connectivity index (χ0v) is 16.4. The average Bonchev–Trinajstić information content (AvgIpc) is 3.10. The maximum Gasteiger partial charge on any atom is 0.321 e. The number of nitrogens with one attached hydrogen (secondary N) is 1. The minimum atomic E-state index is -0.114. The molecule has 4 rings (SSSR count). The molecule has 0 aliphatic carbocycles. The second-order valence-corrected chi connectivity index (χ2v) is 8.49. The Morgan fingerprint density at radius 3 is 2.81 bits per heavy atom. The third-order valence-electron chi connectivity index (χ3n) is 5.50. The Balaban J connectivity index is 1.35. The molecule has 0 saturated carbocycles. The summed E-state index contributed by atoms with van der Waals surface area (Å²) in [5.41, 5.74) is 0.731. The van der Waals surface area contributed by atoms with E-state index in [9.17, 15) is 4.79 Å². The van der Waals surface area contributed by atoms with Crippen LogP contribution in [0.1, 0.15) is 24.1 Å². The number of hydrogen-bond donors (Lipinski definition) is 1. The molecular formula is C21H27N3O2S. The fourth-order valence-corrected chi connectivity index (χ4v) is 4.82. The molecule has 1 atom stereocenters. The van der Waals surface area contributed by atoms with Gasteiger partial charge in [0.1, 0.15) is 0 Å². The highest BCUT2D eigenvalue weighted by molar-refractivity contribution is 7.09. The first-order valence-electron chi connectivity index (χ1n) is 9.72. The number of likely N-dealkylation sites (tertiary alicyclic amines) is 1. The number of benzene rings is 1. The molecule has 1 aromatic heterocycles. The Morgan fingerprint density at radius 2 is 2.00 bits per heavy atom. The number of anilines is 1. The summed E-state index contributed by atoms with van der Waals surface area (Å²) in [6.45, 7) is 5.25. The molecule has 2 aliphatic rings. The van der Waals surface area contributed by atoms with Gasteiger partial charge in [0.25, 0.3) is 0 Å². The lowest BCUT2D eigenvalue weighted by Gasteiger charge is -2.42. The molecule has 2 aliphatic heterocycles. The maximum atomic E-state index is 12.6. The molecule has 0 radical (unpaired) electrons. The molecule has 144 valence electrons. The Labute approximate surface area is 164 Å². The molecule has 6 heteroatoms. The molecule has 1 aromatic carbocycles. The third kappa shape index (κ3) is 4.69. The van der Waals surface area contributed by atoms with E-state index in [-0.39, 0.29) is 11.6 Å². The zero-order valence-electron chi connectivity index (χ0n) is 15.6. The molecule has 0 bridgehead atoms. The van der Waals surface area contributed by atoms with Crippen LogP contribution in [0.15, 0.2) is 47.8 Å². The summed E-state index contributed by atoms with van der Waals surface area (Å²) in [4.78, 5) is 18.5. The lowest BCUT2D eigenvalue weighted by atomic mass is 9.92. The van der Waals surface area contributed by atoms with Gasteiger partial charge in [-0.1, -0.05) is 24.3 Å². The van der Waals surface area contributed by atoms with Crippen molar-refractivity contribution in [2.45, 2.75) is 31.4 Å². The van der Waals surface area contributed by atoms with E-state index in [1.807, 2.05) is 46.6 Å². The van der Waals surface area contributed by atoms with Crippen LogP contribution in [-0.4, -0.2) is 54.2 Å². The second kappa shape index (κ2) is 8.42. The molecule has 2 amide bonds. The maximum absolute atomic E-state index is 12.6. The van der Waals surface area contributed by atoms with E-state index in [1.54, 1.807) is 0 Å². The Morgan fingerprint density at radius 1 is 1.11 bits per heavy atom. The van der Waals surface area contributed by atoms with Gasteiger partial charge in [-0.2, -0.15) is 0 Å². The Kier molecular flexibility index (Phi) is 5.76. The fraction of sp³-hybridized carbons (Fsp3) is 0.476. The lowest BCUT2D eigenvalue weighted by Crippen LogP contribution is -2.52. The number of rotatable bonds is 3. The van der Waals surface area contributed by atoms with Crippen molar-refractivity contribution in [3.05, 3.63) is 52.7 Å². The van der Waals surface area contributed by atoms with Gasteiger partial charge in [0.15, 0.2) is 0 Å². The number of amides is 2. The highest BCUT2D eigenvalue weighted by Crippen LogP contribution is 2.31. The van der Waals surface area contributed by atoms with Crippen LogP contribution in [0.3, 0.4) is 0 Å². The summed E-state index contributed by atoms with van der Waals surface area (Å²) in [5.74, 6) is 0. The summed E-state index contributed by atoms with van der Waals surface area (Å²) in [5, 5.41) is 5.15. The molecule has 27 heavy (non-hydrogen) atoms. The van der Waals surface area contributed by atoms with E-state index in [0.717, 1.165) is 64.3 Å². The monoisotopic (exact) mass is 385 g/mol. The first kappa shape index (κ1) is 18.5. The number of carbonyl (C=O) groups excluding carboxylic acids is 1. The SMILES string of the molecule is O=C(Nc1ccccc1)N1CCC[C@@]2(CC1)CN(Cc1cccs1)CCO2. The van der Waals surface area contributed by atoms with E-state index in [4.69, 9.17) is 4.74 Å². The molecular weight excluding hydrogens is 358 g/mol. The normalized spacial score (nSPS) is 23.9. The van der Waals surface area contributed by atoms with Crippen LogP contribution in [0, 0.1) is 0 Å². The van der Waals surface area contributed by atoms with Crippen molar-refractivity contribution in [3.63, 3.8) is 0 Å². The first-order chi connectivity index (χ1) is 13.2. The quantitative estimate of drug-likeness (QED) is 0.867. The van der Waals surface area contributed by atoms with E-state index in [0.29, 0.717) is 0 Å². The van der Waals surface area contributed by atoms with Crippen LogP contribution in [0.4, 0.5) is 10.5 Å². The van der Waals surface area contributed by atoms with Gasteiger partial charge < -0.3 is 15.0 Å². The zero-order chi connectivity index (χ0) is 18.5. The number of carbonyl (C=O) groups is 1. The van der Waals surface area contributed by atoms with Crippen LogP contribution in [0.2, 0.25) is 0 Å². The molecule has 1 spiro atoms. The van der Waals surface area contributed by atoms with E-state index in [2.05, 4.69) is 27.7 Å². The minimum Gasteiger partial charge on any atom is -0.372 e. The summed E-state index contributed by atoms with van der Waals surface area (Å²) in [6.07, 6.45) is 2.90. The summed E-state index contributed by atoms with van der Waals surface area (Å²) in [6, 6.07) is 14.0. The first-order valence-corrected chi connectivity index (χ1v) is 10.6. The van der Waals surface area contributed by atoms with Crippen molar-refractivity contribution in [2.24, 2.45) is 0 Å². The van der Waals surface area contributed by atoms with Crippen LogP contribution < -0.4 is 5.32 Å². The molecule has 3 heterocycles. The van der Waals surface area contributed by atoms with Crippen molar-refractivity contribution in [1.29, 1.82) is 0 Å². The highest BCUT2D eigenvalue weighted by Gasteiger charge is 2.38. The van der Waals surface area contributed by atoms with Gasteiger partial charge in [0.2, 0.25) is 0 Å². The van der Waals surface area contributed by atoms with Crippen LogP contribution in [0.25, 0.3) is 0 Å². The van der Waals surface area contributed by atoms with Crippen molar-refractivity contribution in [1.82, 2.24) is 9.80 Å². The summed E-state index contributed by atoms with van der Waals surface area (Å²) < 4.78 is 6.29. The molecule has 2 fully saturated rings. The van der Waals surface area contributed by atoms with Crippen LogP contribution in [-0.2, 0) is 11.3 Å². The van der Waals surface area contributed by atoms with Crippen LogP contribution >= 0.6 is 11.3 Å². The third-order valence-corrected chi connectivity index (χ3v) is 6.36. The Hall–Kier alpha value is -1.89. The van der Waals surface area contributed by atoms with Crippen molar-refractivity contribution < 1.29 is 9.53 Å². The van der Waals surface area contributed by atoms with Gasteiger partial charge in [-0.3, -0.25) is 4.90 Å². The second-order valence-electron chi connectivity index (χ2n) is 7.46. The topological polar surface area (TPSA) is 44.8 Å². The predicted octanol–water partition coefficient (Wildman–Crippen LogP) is 4.04. The van der Waals surface area contributed by atoms with E-state index >= 15 is 0 Å². The molecule has 5 nitrogen and oxygen atoms in total. The molecule has 2 aromatic rings.